The third-order valence-electron chi connectivity index (χ3n) is 7.51. The molecule has 1 aromatic rings. The molecule has 200 valence electrons. The second-order valence-corrected chi connectivity index (χ2v) is 10.2. The molecule has 37 heavy (non-hydrogen) atoms. The largest absolute Gasteiger partial charge is 0.491 e. The van der Waals surface area contributed by atoms with Crippen LogP contribution in [0.15, 0.2) is 59.8 Å². The summed E-state index contributed by atoms with van der Waals surface area (Å²) in [7, 11) is 2.03. The molecule has 3 aliphatic rings. The van der Waals surface area contributed by atoms with Crippen LogP contribution in [0, 0.1) is 5.41 Å². The summed E-state index contributed by atoms with van der Waals surface area (Å²) in [6.07, 6.45) is 8.14. The minimum Gasteiger partial charge on any atom is -0.491 e. The van der Waals surface area contributed by atoms with Gasteiger partial charge in [0.15, 0.2) is 5.84 Å². The predicted octanol–water partition coefficient (Wildman–Crippen LogP) is 4.16. The Morgan fingerprint density at radius 2 is 1.97 bits per heavy atom. The van der Waals surface area contributed by atoms with Crippen molar-refractivity contribution in [2.24, 2.45) is 4.99 Å². The van der Waals surface area contributed by atoms with Crippen molar-refractivity contribution in [2.75, 3.05) is 46.3 Å². The van der Waals surface area contributed by atoms with E-state index in [1.807, 2.05) is 25.3 Å². The van der Waals surface area contributed by atoms with Crippen molar-refractivity contribution in [1.29, 1.82) is 5.41 Å². The van der Waals surface area contributed by atoms with E-state index in [1.165, 1.54) is 12.8 Å². The van der Waals surface area contributed by atoms with E-state index in [0.29, 0.717) is 5.84 Å². The summed E-state index contributed by atoms with van der Waals surface area (Å²) in [5, 5.41) is 10.8. The smallest absolute Gasteiger partial charge is 0.155 e. The highest BCUT2D eigenvalue weighted by molar-refractivity contribution is 6.09. The average molecular weight is 506 g/mol. The third-order valence-corrected chi connectivity index (χ3v) is 7.51. The number of hydrogen-bond donors (Lipinski definition) is 2. The molecule has 0 radical (unpaired) electrons. The van der Waals surface area contributed by atoms with Crippen molar-refractivity contribution >= 4 is 17.9 Å². The van der Waals surface area contributed by atoms with Crippen LogP contribution in [-0.4, -0.2) is 90.5 Å². The number of rotatable bonds is 12. The summed E-state index contributed by atoms with van der Waals surface area (Å²) < 4.78 is 6.07. The quantitative estimate of drug-likeness (QED) is 0.328. The molecule has 8 nitrogen and oxygen atoms in total. The number of unbranched alkanes of at least 4 members (excludes halogenated alkanes) is 2. The number of nitrogens with zero attached hydrogens (tertiary/aromatic N) is 5. The first kappa shape index (κ1) is 26.9. The Bertz CT molecular complexity index is 1040. The van der Waals surface area contributed by atoms with Crippen LogP contribution >= 0.6 is 0 Å². The maximum Gasteiger partial charge on any atom is 0.155 e. The number of piperazine rings is 1. The van der Waals surface area contributed by atoms with Crippen LogP contribution < -0.4 is 10.2 Å². The lowest BCUT2D eigenvalue weighted by atomic mass is 10.0. The monoisotopic (exact) mass is 505 g/mol. The fourth-order valence-electron chi connectivity index (χ4n) is 5.12. The third kappa shape index (κ3) is 6.43. The number of benzene rings is 1. The molecule has 3 aliphatic heterocycles. The molecule has 2 N–H and O–H groups in total. The van der Waals surface area contributed by atoms with Crippen molar-refractivity contribution in [3.05, 3.63) is 60.3 Å². The van der Waals surface area contributed by atoms with Gasteiger partial charge in [0, 0.05) is 51.0 Å². The van der Waals surface area contributed by atoms with Gasteiger partial charge in [-0.15, -0.1) is 0 Å². The van der Waals surface area contributed by atoms with E-state index in [9.17, 15) is 0 Å². The molecule has 0 aliphatic carbocycles. The number of amidine groups is 1. The van der Waals surface area contributed by atoms with E-state index in [-0.39, 0.29) is 12.3 Å². The molecular formula is C29H43N7O. The van der Waals surface area contributed by atoms with Crippen molar-refractivity contribution in [3.63, 3.8) is 0 Å². The zero-order valence-corrected chi connectivity index (χ0v) is 22.7. The molecule has 4 rings (SSSR count). The molecule has 2 atom stereocenters. The molecule has 0 amide bonds. The highest BCUT2D eigenvalue weighted by Crippen LogP contribution is 2.33. The minimum atomic E-state index is -0.0369. The minimum absolute atomic E-state index is 0.0369. The number of likely N-dealkylation sites (N-methyl/N-ethyl adjacent to an activating group) is 1. The van der Waals surface area contributed by atoms with Crippen LogP contribution in [0.25, 0.3) is 5.70 Å². The van der Waals surface area contributed by atoms with Gasteiger partial charge in [-0.3, -0.25) is 10.3 Å². The van der Waals surface area contributed by atoms with E-state index >= 15 is 0 Å². The zero-order valence-electron chi connectivity index (χ0n) is 22.7. The van der Waals surface area contributed by atoms with Gasteiger partial charge in [-0.05, 0) is 50.9 Å². The lowest BCUT2D eigenvalue weighted by Gasteiger charge is -2.36. The van der Waals surface area contributed by atoms with E-state index in [4.69, 9.17) is 10.1 Å². The lowest BCUT2D eigenvalue weighted by Crippen LogP contribution is -2.50. The number of hydrogen-bond acceptors (Lipinski definition) is 7. The summed E-state index contributed by atoms with van der Waals surface area (Å²) >= 11 is 0. The van der Waals surface area contributed by atoms with E-state index in [1.54, 1.807) is 6.34 Å². The molecule has 0 aromatic heterocycles. The fourth-order valence-corrected chi connectivity index (χ4v) is 5.12. The van der Waals surface area contributed by atoms with Crippen LogP contribution in [0.5, 0.6) is 5.75 Å². The predicted molar refractivity (Wildman–Crippen MR) is 153 cm³/mol. The van der Waals surface area contributed by atoms with Gasteiger partial charge in [-0.1, -0.05) is 38.6 Å². The Hall–Kier alpha value is -3.10. The Morgan fingerprint density at radius 3 is 2.70 bits per heavy atom. The Balaban J connectivity index is 1.33. The fraction of sp³-hybridized carbons (Fsp3) is 0.517. The van der Waals surface area contributed by atoms with Crippen molar-refractivity contribution in [1.82, 2.24) is 25.1 Å². The molecule has 0 bridgehead atoms. The lowest BCUT2D eigenvalue weighted by molar-refractivity contribution is 0.121. The number of hydrazine groups is 1. The summed E-state index contributed by atoms with van der Waals surface area (Å²) in [5.74, 6) is 1.17. The normalized spacial score (nSPS) is 21.2. The first-order valence-corrected chi connectivity index (χ1v) is 13.6. The molecule has 0 saturated carbocycles. The molecule has 1 saturated heterocycles. The second-order valence-electron chi connectivity index (χ2n) is 10.2. The van der Waals surface area contributed by atoms with Gasteiger partial charge >= 0.3 is 0 Å². The maximum absolute atomic E-state index is 8.58. The number of allylic oxidation sites excluding steroid dienone is 1. The number of nitrogens with one attached hydrogen (secondary N) is 2. The Labute approximate surface area is 222 Å². The van der Waals surface area contributed by atoms with Crippen LogP contribution in [0.2, 0.25) is 0 Å². The number of fused-ring (bicyclic) bond motifs is 1. The van der Waals surface area contributed by atoms with Gasteiger partial charge < -0.3 is 20.0 Å². The first-order valence-electron chi connectivity index (χ1n) is 13.6. The topological polar surface area (TPSA) is 70.4 Å². The van der Waals surface area contributed by atoms with Gasteiger partial charge in [0.05, 0.1) is 23.7 Å². The summed E-state index contributed by atoms with van der Waals surface area (Å²) in [4.78, 5) is 11.3. The first-order chi connectivity index (χ1) is 17.9. The van der Waals surface area contributed by atoms with Crippen LogP contribution in [0.4, 0.5) is 0 Å². The van der Waals surface area contributed by atoms with E-state index < -0.39 is 0 Å². The maximum atomic E-state index is 8.58. The van der Waals surface area contributed by atoms with E-state index in [0.717, 1.165) is 80.4 Å². The summed E-state index contributed by atoms with van der Waals surface area (Å²) in [6, 6.07) is 8.16. The van der Waals surface area contributed by atoms with E-state index in [2.05, 4.69) is 69.3 Å². The molecule has 2 unspecified atom stereocenters. The molecule has 1 aromatic carbocycles. The van der Waals surface area contributed by atoms with Gasteiger partial charge in [0.1, 0.15) is 11.9 Å². The van der Waals surface area contributed by atoms with Crippen LogP contribution in [-0.2, 0) is 0 Å². The summed E-state index contributed by atoms with van der Waals surface area (Å²) in [6.45, 7) is 18.4. The van der Waals surface area contributed by atoms with Gasteiger partial charge in [-0.2, -0.15) is 5.01 Å². The molecule has 1 fully saturated rings. The standard InChI is InChI=1S/C29H43N7O/c1-6-22(3)35-18-16-34(17-19-35)14-9-8-10-15-36-29-26(28(30)31-21-33(29)5)27(32-36)24-12-11-13-25(20-24)37-23(4)7-2/h6,11-13,20-21,23,29-30,32H,1,3,7-10,14-19H2,2,4-5H3. The SMILES string of the molecule is C=CC(=C)N1CCN(CCCCCN2NC(c3cccc(OC(C)CC)c3)=C3C(=N)N=CN(C)C32)CC1. The summed E-state index contributed by atoms with van der Waals surface area (Å²) in [5.41, 5.74) is 7.56. The van der Waals surface area contributed by atoms with Crippen molar-refractivity contribution in [3.8, 4) is 5.75 Å². The Morgan fingerprint density at radius 1 is 1.22 bits per heavy atom. The van der Waals surface area contributed by atoms with Gasteiger partial charge in [0.25, 0.3) is 0 Å². The highest BCUT2D eigenvalue weighted by atomic mass is 16.5. The molecule has 0 spiro atoms. The zero-order chi connectivity index (χ0) is 26.4. The molecular weight excluding hydrogens is 462 g/mol. The van der Waals surface area contributed by atoms with Crippen molar-refractivity contribution < 1.29 is 4.74 Å². The van der Waals surface area contributed by atoms with Crippen LogP contribution in [0.3, 0.4) is 0 Å². The molecule has 8 heteroatoms. The second kappa shape index (κ2) is 12.4. The average Bonchev–Trinajstić information content (AvgIpc) is 3.31. The van der Waals surface area contributed by atoms with Gasteiger partial charge in [0.2, 0.25) is 0 Å². The van der Waals surface area contributed by atoms with Crippen molar-refractivity contribution in [2.45, 2.75) is 51.8 Å². The van der Waals surface area contributed by atoms with Crippen LogP contribution in [0.1, 0.15) is 45.1 Å². The highest BCUT2D eigenvalue weighted by Gasteiger charge is 2.39. The Kier molecular flexibility index (Phi) is 9.05. The number of aliphatic imine (C=N–C) groups is 1. The number of ether oxygens (including phenoxy) is 1. The van der Waals surface area contributed by atoms with Gasteiger partial charge in [-0.25, -0.2) is 4.99 Å². The molecule has 3 heterocycles.